The maximum Gasteiger partial charge on any atom is 0.132 e. The third-order valence-electron chi connectivity index (χ3n) is 2.73. The predicted octanol–water partition coefficient (Wildman–Crippen LogP) is 2.90. The average Bonchev–Trinajstić information content (AvgIpc) is 2.11. The van der Waals surface area contributed by atoms with Gasteiger partial charge in [0.25, 0.3) is 0 Å². The van der Waals surface area contributed by atoms with Crippen LogP contribution in [0.4, 0.5) is 8.78 Å². The van der Waals surface area contributed by atoms with Gasteiger partial charge in [0, 0.05) is 5.56 Å². The monoisotopic (exact) mass is 213 g/mol. The number of benzene rings is 1. The first-order valence-corrected chi connectivity index (χ1v) is 5.05. The number of rotatable bonds is 3. The fraction of sp³-hybridized carbons (Fsp3) is 0.500. The topological polar surface area (TPSA) is 26.0 Å². The fourth-order valence-electron chi connectivity index (χ4n) is 1.76. The number of aryl methyl sites for hydroxylation is 1. The number of nitrogens with two attached hydrogens (primary N) is 1. The van der Waals surface area contributed by atoms with Crippen molar-refractivity contribution in [2.24, 2.45) is 5.73 Å². The van der Waals surface area contributed by atoms with Gasteiger partial charge in [0.15, 0.2) is 0 Å². The molecule has 1 nitrogen and oxygen atoms in total. The SMILES string of the molecule is Cc1ccc(F)c(C(C)(C)CCN)c1F. The molecule has 0 amide bonds. The standard InChI is InChI=1S/C12H17F2N/c1-8-4-5-9(13)10(11(8)14)12(2,3)6-7-15/h4-5H,6-7,15H2,1-3H3. The zero-order chi connectivity index (χ0) is 11.6. The molecule has 0 radical (unpaired) electrons. The molecule has 0 fully saturated rings. The van der Waals surface area contributed by atoms with Crippen molar-refractivity contribution in [1.29, 1.82) is 0 Å². The van der Waals surface area contributed by atoms with Crippen LogP contribution in [0.15, 0.2) is 12.1 Å². The normalized spacial score (nSPS) is 11.9. The quantitative estimate of drug-likeness (QED) is 0.820. The number of hydrogen-bond donors (Lipinski definition) is 1. The van der Waals surface area contributed by atoms with Gasteiger partial charge >= 0.3 is 0 Å². The lowest BCUT2D eigenvalue weighted by Gasteiger charge is -2.26. The Hall–Kier alpha value is -0.960. The van der Waals surface area contributed by atoms with Crippen LogP contribution in [0, 0.1) is 18.6 Å². The lowest BCUT2D eigenvalue weighted by atomic mass is 9.80. The van der Waals surface area contributed by atoms with E-state index in [2.05, 4.69) is 0 Å². The minimum Gasteiger partial charge on any atom is -0.330 e. The second kappa shape index (κ2) is 4.27. The first-order valence-electron chi connectivity index (χ1n) is 5.05. The Kier molecular flexibility index (Phi) is 3.45. The minimum absolute atomic E-state index is 0.146. The molecule has 0 aliphatic carbocycles. The smallest absolute Gasteiger partial charge is 0.132 e. The molecule has 0 aliphatic heterocycles. The first-order chi connectivity index (χ1) is 6.90. The largest absolute Gasteiger partial charge is 0.330 e. The van der Waals surface area contributed by atoms with Gasteiger partial charge < -0.3 is 5.73 Å². The number of hydrogen-bond acceptors (Lipinski definition) is 1. The molecule has 0 saturated heterocycles. The van der Waals surface area contributed by atoms with E-state index in [4.69, 9.17) is 5.73 Å². The van der Waals surface area contributed by atoms with E-state index in [9.17, 15) is 8.78 Å². The molecule has 2 N–H and O–H groups in total. The van der Waals surface area contributed by atoms with Crippen molar-refractivity contribution in [3.05, 3.63) is 34.9 Å². The van der Waals surface area contributed by atoms with Crippen molar-refractivity contribution < 1.29 is 8.78 Å². The van der Waals surface area contributed by atoms with E-state index in [-0.39, 0.29) is 5.56 Å². The van der Waals surface area contributed by atoms with E-state index in [1.807, 2.05) is 0 Å². The summed E-state index contributed by atoms with van der Waals surface area (Å²) in [5, 5.41) is 0. The van der Waals surface area contributed by atoms with Crippen LogP contribution in [0.1, 0.15) is 31.4 Å². The minimum atomic E-state index is -0.561. The summed E-state index contributed by atoms with van der Waals surface area (Å²) in [5.41, 5.74) is 5.50. The predicted molar refractivity (Wildman–Crippen MR) is 57.8 cm³/mol. The molecule has 0 aliphatic rings. The van der Waals surface area contributed by atoms with Crippen molar-refractivity contribution in [1.82, 2.24) is 0 Å². The zero-order valence-corrected chi connectivity index (χ0v) is 9.40. The summed E-state index contributed by atoms with van der Waals surface area (Å²) >= 11 is 0. The second-order valence-corrected chi connectivity index (χ2v) is 4.48. The molecule has 15 heavy (non-hydrogen) atoms. The summed E-state index contributed by atoms with van der Waals surface area (Å²) in [5.74, 6) is -0.940. The summed E-state index contributed by atoms with van der Waals surface area (Å²) in [6.07, 6.45) is 0.560. The van der Waals surface area contributed by atoms with Crippen LogP contribution in [-0.4, -0.2) is 6.54 Å². The van der Waals surface area contributed by atoms with E-state index < -0.39 is 17.0 Å². The highest BCUT2D eigenvalue weighted by molar-refractivity contribution is 5.32. The fourth-order valence-corrected chi connectivity index (χ4v) is 1.76. The maximum absolute atomic E-state index is 13.8. The molecular weight excluding hydrogens is 196 g/mol. The van der Waals surface area contributed by atoms with Gasteiger partial charge in [0.2, 0.25) is 0 Å². The molecule has 1 aromatic rings. The molecule has 1 aromatic carbocycles. The summed E-state index contributed by atoms with van der Waals surface area (Å²) in [4.78, 5) is 0. The molecule has 1 rings (SSSR count). The molecular formula is C12H17F2N. The third kappa shape index (κ3) is 2.34. The molecule has 0 heterocycles. The molecule has 0 spiro atoms. The summed E-state index contributed by atoms with van der Waals surface area (Å²) in [6, 6.07) is 2.76. The van der Waals surface area contributed by atoms with Crippen molar-refractivity contribution >= 4 is 0 Å². The molecule has 0 bridgehead atoms. The Morgan fingerprint density at radius 2 is 1.87 bits per heavy atom. The van der Waals surface area contributed by atoms with Crippen molar-refractivity contribution in [3.63, 3.8) is 0 Å². The van der Waals surface area contributed by atoms with Crippen LogP contribution < -0.4 is 5.73 Å². The van der Waals surface area contributed by atoms with Gasteiger partial charge in [-0.2, -0.15) is 0 Å². The van der Waals surface area contributed by atoms with Gasteiger partial charge in [-0.3, -0.25) is 0 Å². The van der Waals surface area contributed by atoms with Crippen molar-refractivity contribution in [2.45, 2.75) is 32.6 Å². The Bertz CT molecular complexity index is 359. The Labute approximate surface area is 89.3 Å². The maximum atomic E-state index is 13.8. The van der Waals surface area contributed by atoms with Crippen LogP contribution >= 0.6 is 0 Å². The van der Waals surface area contributed by atoms with Gasteiger partial charge in [0.1, 0.15) is 11.6 Å². The van der Waals surface area contributed by atoms with Crippen LogP contribution in [0.5, 0.6) is 0 Å². The summed E-state index contributed by atoms with van der Waals surface area (Å²) in [7, 11) is 0. The van der Waals surface area contributed by atoms with Gasteiger partial charge in [-0.1, -0.05) is 19.9 Å². The summed E-state index contributed by atoms with van der Waals surface area (Å²) < 4.78 is 27.4. The van der Waals surface area contributed by atoms with Gasteiger partial charge in [-0.05, 0) is 36.9 Å². The highest BCUT2D eigenvalue weighted by atomic mass is 19.1. The van der Waals surface area contributed by atoms with Crippen LogP contribution in [0.3, 0.4) is 0 Å². The number of halogens is 2. The molecule has 0 aromatic heterocycles. The highest BCUT2D eigenvalue weighted by Gasteiger charge is 2.27. The van der Waals surface area contributed by atoms with Gasteiger partial charge in [-0.15, -0.1) is 0 Å². The first kappa shape index (κ1) is 12.1. The Morgan fingerprint density at radius 3 is 2.40 bits per heavy atom. The van der Waals surface area contributed by atoms with E-state index in [0.717, 1.165) is 0 Å². The third-order valence-corrected chi connectivity index (χ3v) is 2.73. The van der Waals surface area contributed by atoms with E-state index in [1.54, 1.807) is 20.8 Å². The van der Waals surface area contributed by atoms with E-state index >= 15 is 0 Å². The average molecular weight is 213 g/mol. The molecule has 84 valence electrons. The van der Waals surface area contributed by atoms with Gasteiger partial charge in [-0.25, -0.2) is 8.78 Å². The van der Waals surface area contributed by atoms with Crippen LogP contribution in [-0.2, 0) is 5.41 Å². The highest BCUT2D eigenvalue weighted by Crippen LogP contribution is 2.32. The van der Waals surface area contributed by atoms with Crippen LogP contribution in [0.2, 0.25) is 0 Å². The van der Waals surface area contributed by atoms with Crippen molar-refractivity contribution in [3.8, 4) is 0 Å². The Balaban J connectivity index is 3.29. The lowest BCUT2D eigenvalue weighted by Crippen LogP contribution is -2.25. The molecule has 0 atom stereocenters. The van der Waals surface area contributed by atoms with E-state index in [1.165, 1.54) is 12.1 Å². The van der Waals surface area contributed by atoms with Crippen LogP contribution in [0.25, 0.3) is 0 Å². The lowest BCUT2D eigenvalue weighted by molar-refractivity contribution is 0.423. The molecule has 0 saturated carbocycles. The van der Waals surface area contributed by atoms with Crippen molar-refractivity contribution in [2.75, 3.05) is 6.54 Å². The summed E-state index contributed by atoms with van der Waals surface area (Å²) in [6.45, 7) is 5.66. The van der Waals surface area contributed by atoms with E-state index in [0.29, 0.717) is 18.5 Å². The Morgan fingerprint density at radius 1 is 1.27 bits per heavy atom. The zero-order valence-electron chi connectivity index (χ0n) is 9.40. The second-order valence-electron chi connectivity index (χ2n) is 4.48. The molecule has 3 heteroatoms. The molecule has 0 unspecified atom stereocenters. The van der Waals surface area contributed by atoms with Gasteiger partial charge in [0.05, 0.1) is 0 Å².